The number of aliphatic hydroxyl groups is 1. The van der Waals surface area contributed by atoms with Crippen LogP contribution in [0.15, 0.2) is 54.6 Å². The Balaban J connectivity index is 1.49. The molecule has 2 N–H and O–H groups in total. The summed E-state index contributed by atoms with van der Waals surface area (Å²) in [6, 6.07) is 16.3. The second-order valence-electron chi connectivity index (χ2n) is 6.53. The van der Waals surface area contributed by atoms with E-state index >= 15 is 0 Å². The topological polar surface area (TPSA) is 60.0 Å². The first kappa shape index (κ1) is 19.3. The highest BCUT2D eigenvalue weighted by Crippen LogP contribution is 2.31. The number of ether oxygens (including phenoxy) is 2. The van der Waals surface area contributed by atoms with Crippen LogP contribution in [0.2, 0.25) is 0 Å². The van der Waals surface area contributed by atoms with E-state index in [0.29, 0.717) is 18.1 Å². The average molecular weight is 369 g/mol. The predicted octanol–water partition coefficient (Wildman–Crippen LogP) is 3.72. The number of unbranched alkanes of at least 4 members (excludes halogenated alkanes) is 2. The molecule has 2 aromatic carbocycles. The Morgan fingerprint density at radius 2 is 1.89 bits per heavy atom. The van der Waals surface area contributed by atoms with Crippen molar-refractivity contribution in [1.29, 1.82) is 0 Å². The highest BCUT2D eigenvalue weighted by Gasteiger charge is 2.18. The Morgan fingerprint density at radius 3 is 2.63 bits per heavy atom. The summed E-state index contributed by atoms with van der Waals surface area (Å²) in [5.74, 6) is 1.43. The number of aliphatic hydroxyl groups excluding tert-OH is 1. The van der Waals surface area contributed by atoms with E-state index in [1.165, 1.54) is 5.56 Å². The summed E-state index contributed by atoms with van der Waals surface area (Å²) in [7, 11) is 1.64. The molecule has 1 atom stereocenters. The minimum atomic E-state index is -0.323. The zero-order chi connectivity index (χ0) is 18.9. The molecule has 0 fully saturated rings. The highest BCUT2D eigenvalue weighted by atomic mass is 16.7. The summed E-state index contributed by atoms with van der Waals surface area (Å²) in [6.45, 7) is 0.593. The molecule has 1 heterocycles. The molecule has 0 saturated heterocycles. The number of rotatable bonds is 10. The van der Waals surface area contributed by atoms with Crippen LogP contribution in [0.3, 0.4) is 0 Å². The van der Waals surface area contributed by atoms with Crippen molar-refractivity contribution in [3.8, 4) is 11.5 Å². The van der Waals surface area contributed by atoms with Crippen molar-refractivity contribution in [3.05, 3.63) is 65.7 Å². The quantitative estimate of drug-likeness (QED) is 0.625. The average Bonchev–Trinajstić information content (AvgIpc) is 3.20. The van der Waals surface area contributed by atoms with Crippen LogP contribution in [-0.2, 0) is 11.3 Å². The van der Waals surface area contributed by atoms with Crippen molar-refractivity contribution >= 4 is 5.70 Å². The van der Waals surface area contributed by atoms with Gasteiger partial charge in [-0.05, 0) is 55.5 Å². The van der Waals surface area contributed by atoms with Crippen molar-refractivity contribution in [3.63, 3.8) is 0 Å². The molecule has 0 aromatic heterocycles. The molecular weight excluding hydrogens is 342 g/mol. The fourth-order valence-corrected chi connectivity index (χ4v) is 3.03. The van der Waals surface area contributed by atoms with Gasteiger partial charge in [-0.15, -0.1) is 0 Å². The predicted molar refractivity (Wildman–Crippen MR) is 106 cm³/mol. The zero-order valence-electron chi connectivity index (χ0n) is 15.7. The van der Waals surface area contributed by atoms with Crippen LogP contribution in [-0.4, -0.2) is 31.5 Å². The number of methoxy groups -OCH3 is 1. The second-order valence-corrected chi connectivity index (χ2v) is 6.53. The summed E-state index contributed by atoms with van der Waals surface area (Å²) in [4.78, 5) is 5.26. The highest BCUT2D eigenvalue weighted by molar-refractivity contribution is 5.67. The van der Waals surface area contributed by atoms with E-state index in [1.807, 2.05) is 30.3 Å². The maximum Gasteiger partial charge on any atom is 0.161 e. The Morgan fingerprint density at radius 1 is 1.04 bits per heavy atom. The maximum atomic E-state index is 9.17. The molecule has 0 spiro atoms. The smallest absolute Gasteiger partial charge is 0.161 e. The summed E-state index contributed by atoms with van der Waals surface area (Å²) in [6.07, 6.45) is 5.91. The molecule has 1 unspecified atom stereocenters. The number of hydroxylamine groups is 1. The molecule has 1 aliphatic rings. The Hall–Kier alpha value is -2.50. The first-order valence-corrected chi connectivity index (χ1v) is 9.39. The lowest BCUT2D eigenvalue weighted by Crippen LogP contribution is -2.15. The Bertz CT molecular complexity index is 745. The normalized spacial score (nSPS) is 15.9. The van der Waals surface area contributed by atoms with Crippen LogP contribution in [0.25, 0.3) is 5.70 Å². The number of nitrogens with one attached hydrogen (secondary N) is 1. The summed E-state index contributed by atoms with van der Waals surface area (Å²) >= 11 is 0. The molecule has 144 valence electrons. The number of benzene rings is 2. The van der Waals surface area contributed by atoms with Crippen molar-refractivity contribution in [1.82, 2.24) is 5.48 Å². The van der Waals surface area contributed by atoms with Crippen molar-refractivity contribution < 1.29 is 19.4 Å². The third-order valence-corrected chi connectivity index (χ3v) is 4.54. The van der Waals surface area contributed by atoms with E-state index in [4.69, 9.17) is 14.3 Å². The minimum absolute atomic E-state index is 0.0566. The zero-order valence-corrected chi connectivity index (χ0v) is 15.7. The molecule has 27 heavy (non-hydrogen) atoms. The summed E-state index contributed by atoms with van der Waals surface area (Å²) in [5, 5.41) is 9.17. The van der Waals surface area contributed by atoms with Gasteiger partial charge in [0.15, 0.2) is 11.5 Å². The molecule has 1 aliphatic heterocycles. The SMILES string of the molecule is COc1ccc(C2=CC(CO)ON2)cc1OCCCCCc1ccccc1. The molecule has 3 rings (SSSR count). The van der Waals surface area contributed by atoms with Crippen molar-refractivity contribution in [2.24, 2.45) is 0 Å². The number of aryl methyl sites for hydroxylation is 1. The van der Waals surface area contributed by atoms with Crippen LogP contribution >= 0.6 is 0 Å². The van der Waals surface area contributed by atoms with Crippen LogP contribution < -0.4 is 15.0 Å². The van der Waals surface area contributed by atoms with Crippen LogP contribution in [0.1, 0.15) is 30.4 Å². The standard InChI is InChI=1S/C22H27NO4/c1-25-21-12-11-18(20-15-19(16-24)27-23-20)14-22(21)26-13-7-3-6-10-17-8-4-2-5-9-17/h2,4-5,8-9,11-12,14-15,19,23-24H,3,6-7,10,13,16H2,1H3. The van der Waals surface area contributed by atoms with E-state index in [2.05, 4.69) is 29.7 Å². The van der Waals surface area contributed by atoms with Crippen molar-refractivity contribution in [2.75, 3.05) is 20.3 Å². The molecule has 2 aromatic rings. The third-order valence-electron chi connectivity index (χ3n) is 4.54. The van der Waals surface area contributed by atoms with Gasteiger partial charge in [-0.1, -0.05) is 30.3 Å². The van der Waals surface area contributed by atoms with Crippen LogP contribution in [0.4, 0.5) is 0 Å². The van der Waals surface area contributed by atoms with E-state index in [9.17, 15) is 5.11 Å². The van der Waals surface area contributed by atoms with E-state index < -0.39 is 0 Å². The number of hydrogen-bond donors (Lipinski definition) is 2. The molecule has 0 bridgehead atoms. The first-order chi connectivity index (χ1) is 13.3. The van der Waals surface area contributed by atoms with Gasteiger partial charge in [0, 0.05) is 5.56 Å². The molecule has 5 heteroatoms. The van der Waals surface area contributed by atoms with Gasteiger partial charge in [0.2, 0.25) is 0 Å². The monoisotopic (exact) mass is 369 g/mol. The van der Waals surface area contributed by atoms with Gasteiger partial charge in [-0.3, -0.25) is 10.3 Å². The van der Waals surface area contributed by atoms with E-state index in [0.717, 1.165) is 36.9 Å². The molecule has 0 saturated carbocycles. The largest absolute Gasteiger partial charge is 0.493 e. The molecule has 0 radical (unpaired) electrons. The second kappa shape index (κ2) is 10.00. The fourth-order valence-electron chi connectivity index (χ4n) is 3.03. The van der Waals surface area contributed by atoms with Gasteiger partial charge in [0.25, 0.3) is 0 Å². The van der Waals surface area contributed by atoms with Gasteiger partial charge < -0.3 is 14.6 Å². The fraction of sp³-hybridized carbons (Fsp3) is 0.364. The molecule has 0 amide bonds. The lowest BCUT2D eigenvalue weighted by molar-refractivity contribution is 0.0173. The van der Waals surface area contributed by atoms with Crippen LogP contribution in [0.5, 0.6) is 11.5 Å². The van der Waals surface area contributed by atoms with Crippen LogP contribution in [0, 0.1) is 0 Å². The van der Waals surface area contributed by atoms with Gasteiger partial charge in [-0.25, -0.2) is 0 Å². The number of hydrogen-bond acceptors (Lipinski definition) is 5. The Labute approximate surface area is 160 Å². The van der Waals surface area contributed by atoms with Gasteiger partial charge in [-0.2, -0.15) is 0 Å². The molecule has 5 nitrogen and oxygen atoms in total. The summed E-state index contributed by atoms with van der Waals surface area (Å²) < 4.78 is 11.4. The third kappa shape index (κ3) is 5.49. The Kier molecular flexibility index (Phi) is 7.13. The lowest BCUT2D eigenvalue weighted by atomic mass is 10.1. The van der Waals surface area contributed by atoms with Gasteiger partial charge in [0.1, 0.15) is 6.10 Å². The van der Waals surface area contributed by atoms with E-state index in [1.54, 1.807) is 7.11 Å². The molecule has 0 aliphatic carbocycles. The lowest BCUT2D eigenvalue weighted by Gasteiger charge is -2.13. The van der Waals surface area contributed by atoms with Gasteiger partial charge in [0.05, 0.1) is 26.0 Å². The minimum Gasteiger partial charge on any atom is -0.493 e. The maximum absolute atomic E-state index is 9.17. The molecular formula is C22H27NO4. The van der Waals surface area contributed by atoms with Crippen molar-refractivity contribution in [2.45, 2.75) is 31.8 Å². The van der Waals surface area contributed by atoms with E-state index in [-0.39, 0.29) is 12.7 Å². The summed E-state index contributed by atoms with van der Waals surface area (Å²) in [5.41, 5.74) is 5.99. The van der Waals surface area contributed by atoms with Gasteiger partial charge >= 0.3 is 0 Å². The first-order valence-electron chi connectivity index (χ1n) is 9.39.